The molecule has 0 bridgehead atoms. The lowest BCUT2D eigenvalue weighted by Gasteiger charge is -2.17. The maximum Gasteiger partial charge on any atom is 0.252 e. The van der Waals surface area contributed by atoms with Crippen LogP contribution in [0.2, 0.25) is 0 Å². The fourth-order valence-electron chi connectivity index (χ4n) is 1.96. The lowest BCUT2D eigenvalue weighted by Crippen LogP contribution is -2.27. The van der Waals surface area contributed by atoms with E-state index in [9.17, 15) is 8.78 Å². The molecular formula is C14H14F2N4O. The molecule has 1 N–H and O–H groups in total. The molecule has 2 aromatic heterocycles. The summed E-state index contributed by atoms with van der Waals surface area (Å²) in [5.41, 5.74) is 0.413. The Bertz CT molecular complexity index is 763. The lowest BCUT2D eigenvalue weighted by molar-refractivity contribution is 0.0505. The summed E-state index contributed by atoms with van der Waals surface area (Å²) in [6.07, 6.45) is -0.416. The molecule has 7 heteroatoms. The number of fused-ring (bicyclic) bond motifs is 1. The normalized spacial score (nSPS) is 12.4. The minimum Gasteiger partial charge on any atom is -0.339 e. The Morgan fingerprint density at radius 2 is 2.14 bits per heavy atom. The van der Waals surface area contributed by atoms with Crippen molar-refractivity contribution in [3.05, 3.63) is 41.7 Å². The standard InChI is InChI=1S/C14H14F2N4O/c1-14(2,12(15)16)13-18-11(20-21-13)6-8-3-4-9-7-17-19-10(9)5-8/h3-5,7,12H,6H2,1-2H3,(H,17,19). The van der Waals surface area contributed by atoms with E-state index in [0.717, 1.165) is 16.5 Å². The molecule has 0 fully saturated rings. The van der Waals surface area contributed by atoms with Gasteiger partial charge in [-0.2, -0.15) is 10.1 Å². The van der Waals surface area contributed by atoms with E-state index in [-0.39, 0.29) is 5.89 Å². The number of H-pyrrole nitrogens is 1. The van der Waals surface area contributed by atoms with Gasteiger partial charge >= 0.3 is 0 Å². The van der Waals surface area contributed by atoms with Crippen molar-refractivity contribution in [2.45, 2.75) is 32.1 Å². The molecule has 0 radical (unpaired) electrons. The summed E-state index contributed by atoms with van der Waals surface area (Å²) in [5, 5.41) is 11.6. The molecule has 1 aromatic carbocycles. The highest BCUT2D eigenvalue weighted by molar-refractivity contribution is 5.78. The van der Waals surface area contributed by atoms with Gasteiger partial charge in [0.25, 0.3) is 6.43 Å². The van der Waals surface area contributed by atoms with Crippen LogP contribution in [-0.4, -0.2) is 26.8 Å². The molecule has 0 amide bonds. The Balaban J connectivity index is 1.83. The van der Waals surface area contributed by atoms with Gasteiger partial charge in [-0.05, 0) is 25.5 Å². The highest BCUT2D eigenvalue weighted by atomic mass is 19.3. The van der Waals surface area contributed by atoms with Gasteiger partial charge in [0.2, 0.25) is 5.89 Å². The third kappa shape index (κ3) is 2.51. The van der Waals surface area contributed by atoms with E-state index in [1.165, 1.54) is 13.8 Å². The zero-order valence-corrected chi connectivity index (χ0v) is 11.6. The largest absolute Gasteiger partial charge is 0.339 e. The van der Waals surface area contributed by atoms with E-state index in [2.05, 4.69) is 20.3 Å². The van der Waals surface area contributed by atoms with Gasteiger partial charge in [0.05, 0.1) is 11.7 Å². The Hall–Kier alpha value is -2.31. The first-order chi connectivity index (χ1) is 9.96. The van der Waals surface area contributed by atoms with Crippen molar-refractivity contribution in [3.8, 4) is 0 Å². The predicted molar refractivity (Wildman–Crippen MR) is 72.2 cm³/mol. The number of alkyl halides is 2. The summed E-state index contributed by atoms with van der Waals surface area (Å²) in [6, 6.07) is 5.78. The quantitative estimate of drug-likeness (QED) is 0.802. The minimum atomic E-state index is -2.56. The number of rotatable bonds is 4. The predicted octanol–water partition coefficient (Wildman–Crippen LogP) is 3.08. The van der Waals surface area contributed by atoms with Gasteiger partial charge in [-0.15, -0.1) is 0 Å². The first kappa shape index (κ1) is 13.7. The molecule has 110 valence electrons. The van der Waals surface area contributed by atoms with E-state index in [1.807, 2.05) is 18.2 Å². The van der Waals surface area contributed by atoms with Crippen molar-refractivity contribution in [1.82, 2.24) is 20.3 Å². The number of aromatic amines is 1. The van der Waals surface area contributed by atoms with E-state index in [1.54, 1.807) is 6.20 Å². The zero-order chi connectivity index (χ0) is 15.0. The summed E-state index contributed by atoms with van der Waals surface area (Å²) in [6.45, 7) is 2.76. The second-order valence-electron chi connectivity index (χ2n) is 5.51. The van der Waals surface area contributed by atoms with E-state index in [4.69, 9.17) is 4.52 Å². The first-order valence-electron chi connectivity index (χ1n) is 6.50. The second kappa shape index (κ2) is 4.91. The van der Waals surface area contributed by atoms with Gasteiger partial charge in [0.15, 0.2) is 5.82 Å². The average Bonchev–Trinajstić information content (AvgIpc) is 3.06. The van der Waals surface area contributed by atoms with Crippen LogP contribution in [0.4, 0.5) is 8.78 Å². The Labute approximate surface area is 119 Å². The van der Waals surface area contributed by atoms with Crippen LogP contribution in [-0.2, 0) is 11.8 Å². The van der Waals surface area contributed by atoms with Gasteiger partial charge in [0, 0.05) is 11.8 Å². The van der Waals surface area contributed by atoms with Gasteiger partial charge in [-0.25, -0.2) is 8.78 Å². The number of nitrogens with one attached hydrogen (secondary N) is 1. The van der Waals surface area contributed by atoms with Crippen LogP contribution in [0.25, 0.3) is 10.9 Å². The molecule has 0 aliphatic rings. The van der Waals surface area contributed by atoms with Crippen molar-refractivity contribution < 1.29 is 13.3 Å². The molecule has 0 spiro atoms. The second-order valence-corrected chi connectivity index (χ2v) is 5.51. The Morgan fingerprint density at radius 3 is 2.90 bits per heavy atom. The number of nitrogens with zero attached hydrogens (tertiary/aromatic N) is 3. The molecule has 5 nitrogen and oxygen atoms in total. The smallest absolute Gasteiger partial charge is 0.252 e. The van der Waals surface area contributed by atoms with Gasteiger partial charge < -0.3 is 4.52 Å². The van der Waals surface area contributed by atoms with Crippen LogP contribution in [0, 0.1) is 0 Å². The van der Waals surface area contributed by atoms with Crippen LogP contribution in [0.5, 0.6) is 0 Å². The molecular weight excluding hydrogens is 278 g/mol. The zero-order valence-electron chi connectivity index (χ0n) is 11.6. The van der Waals surface area contributed by atoms with Crippen molar-refractivity contribution in [2.75, 3.05) is 0 Å². The van der Waals surface area contributed by atoms with Gasteiger partial charge in [-0.3, -0.25) is 5.10 Å². The number of aromatic nitrogens is 4. The maximum absolute atomic E-state index is 12.9. The van der Waals surface area contributed by atoms with Crippen LogP contribution in [0.3, 0.4) is 0 Å². The van der Waals surface area contributed by atoms with Crippen LogP contribution in [0.1, 0.15) is 31.1 Å². The molecule has 0 unspecified atom stereocenters. The van der Waals surface area contributed by atoms with Crippen LogP contribution in [0.15, 0.2) is 28.9 Å². The molecule has 0 aliphatic heterocycles. The molecule has 3 aromatic rings. The number of halogens is 2. The average molecular weight is 292 g/mol. The first-order valence-corrected chi connectivity index (χ1v) is 6.50. The molecule has 0 saturated heterocycles. The van der Waals surface area contributed by atoms with Crippen LogP contribution < -0.4 is 0 Å². The van der Waals surface area contributed by atoms with Crippen molar-refractivity contribution >= 4 is 10.9 Å². The Morgan fingerprint density at radius 1 is 1.33 bits per heavy atom. The third-order valence-electron chi connectivity index (χ3n) is 3.43. The summed E-state index contributed by atoms with van der Waals surface area (Å²) >= 11 is 0. The van der Waals surface area contributed by atoms with Crippen molar-refractivity contribution in [3.63, 3.8) is 0 Å². The maximum atomic E-state index is 12.9. The monoisotopic (exact) mass is 292 g/mol. The van der Waals surface area contributed by atoms with E-state index >= 15 is 0 Å². The highest BCUT2D eigenvalue weighted by Crippen LogP contribution is 2.29. The minimum absolute atomic E-state index is 0.0462. The molecule has 0 aliphatic carbocycles. The van der Waals surface area contributed by atoms with E-state index in [0.29, 0.717) is 12.2 Å². The van der Waals surface area contributed by atoms with E-state index < -0.39 is 11.8 Å². The fraction of sp³-hybridized carbons (Fsp3) is 0.357. The molecule has 21 heavy (non-hydrogen) atoms. The number of hydrogen-bond donors (Lipinski definition) is 1. The SMILES string of the molecule is CC(C)(c1nc(Cc2ccc3cn[nH]c3c2)no1)C(F)F. The summed E-state index contributed by atoms with van der Waals surface area (Å²) < 4.78 is 30.8. The molecule has 2 heterocycles. The van der Waals surface area contributed by atoms with Crippen LogP contribution >= 0.6 is 0 Å². The Kier molecular flexibility index (Phi) is 3.19. The van der Waals surface area contributed by atoms with Gasteiger partial charge in [0.1, 0.15) is 5.41 Å². The number of benzene rings is 1. The summed E-state index contributed by atoms with van der Waals surface area (Å²) in [5.74, 6) is 0.340. The lowest BCUT2D eigenvalue weighted by atomic mass is 9.94. The molecule has 0 saturated carbocycles. The van der Waals surface area contributed by atoms with Crippen molar-refractivity contribution in [2.24, 2.45) is 0 Å². The summed E-state index contributed by atoms with van der Waals surface area (Å²) in [4.78, 5) is 4.08. The fourth-order valence-corrected chi connectivity index (χ4v) is 1.96. The molecule has 3 rings (SSSR count). The molecule has 0 atom stereocenters. The van der Waals surface area contributed by atoms with Gasteiger partial charge in [-0.1, -0.05) is 17.3 Å². The van der Waals surface area contributed by atoms with Crippen molar-refractivity contribution in [1.29, 1.82) is 0 Å². The third-order valence-corrected chi connectivity index (χ3v) is 3.43. The summed E-state index contributed by atoms with van der Waals surface area (Å²) in [7, 11) is 0. The topological polar surface area (TPSA) is 67.6 Å². The highest BCUT2D eigenvalue weighted by Gasteiger charge is 2.37. The number of hydrogen-bond acceptors (Lipinski definition) is 4.